The van der Waals surface area contributed by atoms with E-state index in [1.165, 1.54) is 28.1 Å². The Labute approximate surface area is 671 Å². The molecule has 8 heterocycles. The highest BCUT2D eigenvalue weighted by Gasteiger charge is 2.78. The largest absolute Gasteiger partial charge is 0.469 e. The van der Waals surface area contributed by atoms with Gasteiger partial charge in [0.05, 0.1) is 115 Å². The van der Waals surface area contributed by atoms with Crippen LogP contribution in [0.25, 0.3) is 0 Å². The van der Waals surface area contributed by atoms with E-state index in [0.29, 0.717) is 86.4 Å². The summed E-state index contributed by atoms with van der Waals surface area (Å²) in [4.78, 5) is 45.4. The smallest absolute Gasteiger partial charge is 0.393 e. The summed E-state index contributed by atoms with van der Waals surface area (Å²) < 4.78 is 281. The third kappa shape index (κ3) is 12.5. The van der Waals surface area contributed by atoms with Crippen LogP contribution >= 0.6 is 0 Å². The Hall–Kier alpha value is -4.07. The molecule has 36 unspecified atom stereocenters. The lowest BCUT2D eigenvalue weighted by Gasteiger charge is -2.30. The predicted octanol–water partition coefficient (Wildman–Crippen LogP) is 3.98. The van der Waals surface area contributed by atoms with Crippen molar-refractivity contribution in [1.29, 1.82) is 10.5 Å². The summed E-state index contributed by atoms with van der Waals surface area (Å²) in [5, 5.41) is 14.5. The molecule has 24 fully saturated rings. The third-order valence-corrected chi connectivity index (χ3v) is 47.2. The standard InChI is InChI=1S/C13H18O7S.2C9H12O5S.C8H9F3O3S.2C8H9NO3S.2C8H12O3S/c1-8(14)18-6-12-3-10-13(5-12,7-19-9(2)15)11(4-12)21(16,17)20-10;1-13-8(10)9-4-5-2-6(9)7(3-5)14-15(9,11)12;1-13-9(10)7-4-2-5-6(3-4)14-15(11,12)8(5)7;9-8(10,11)6-3-1-4-5(2-3)14-15(12,13)7(4)6;9-4-8-3-5-1-6(8)7(2-5)12-13(8,10)11;9-3-6-4-1-5-7(2-4)12-13(10,11)8(5)6;1-8-4-5-2-6(8)7(3-5)11-12(8,9)10;1-4-5-2-6-7(3-5)11-12(9,10)8(4)6/h10-11H,3-7H2,1-2H3;5-7H,2-4H2,1H3;4-8H,2-3H2,1H3;3-7H,1-2H2;5-7H,1-3H2;4-8H,1-2H2;5-7H,2-4H2,1H3;4-8H,2-3H2,1H3. The van der Waals surface area contributed by atoms with E-state index >= 15 is 0 Å². The Balaban J connectivity index is 0.0000000959. The van der Waals surface area contributed by atoms with Crippen molar-refractivity contribution in [3.8, 4) is 12.1 Å². The molecule has 45 heteroatoms. The van der Waals surface area contributed by atoms with Gasteiger partial charge in [0.2, 0.25) is 0 Å². The van der Waals surface area contributed by atoms with Gasteiger partial charge in [-0.15, -0.1) is 0 Å². The fraction of sp³-hybridized carbons (Fsp3) is 0.915. The first-order chi connectivity index (χ1) is 53.9. The van der Waals surface area contributed by atoms with Gasteiger partial charge in [0.25, 0.3) is 80.9 Å². The van der Waals surface area contributed by atoms with Crippen LogP contribution in [-0.2, 0) is 153 Å². The zero-order chi connectivity index (χ0) is 83.7. The average Bonchev–Trinajstić information content (AvgIpc) is 1.50. The SMILES string of the molecule is CC(=O)OCC12CC3OS(=O)(=O)C(C1)C3(COC(C)=O)C2.CC12CC3CC(OS1(=O)=O)C2C3.CC1C2CC3OS(=O)(=O)C1C3C2.COC(=O)C12CC3CC(OS1(=O)=O)C2C3.COC(=O)C1C2CC3OS(=O)(=O)C1C3C2.N#CC12CC3CC(OS1(=O)=O)C2C3.N#CC1C2CC3OS(=O)(=O)C1C3C2.O=S1(=O)OC2CC3CC2C1C3C(F)(F)F. The molecule has 16 bridgehead atoms. The minimum absolute atomic E-state index is 0.0177. The Morgan fingerprint density at radius 1 is 0.466 bits per heavy atom. The molecule has 36 atom stereocenters. The maximum atomic E-state index is 12.7. The van der Waals surface area contributed by atoms with E-state index in [1.807, 2.05) is 13.0 Å². The number of halogens is 3. The summed E-state index contributed by atoms with van der Waals surface area (Å²) in [7, 11) is -25.8. The minimum atomic E-state index is -4.42. The summed E-state index contributed by atoms with van der Waals surface area (Å²) in [6.07, 6.45) is 8.06. The number of rotatable bonds is 6. The number of fused-ring (bicyclic) bond motifs is 8. The summed E-state index contributed by atoms with van der Waals surface area (Å²) in [5.41, 5.74) is -1.07. The van der Waals surface area contributed by atoms with Gasteiger partial charge in [0.15, 0.2) is 9.49 Å². The maximum absolute atomic E-state index is 12.7. The lowest BCUT2D eigenvalue weighted by molar-refractivity contribution is -0.185. The number of nitriles is 2. The molecule has 34 nitrogen and oxygen atoms in total. The number of carbonyl (C=O) groups is 4. The van der Waals surface area contributed by atoms with E-state index in [-0.39, 0.29) is 114 Å². The van der Waals surface area contributed by atoms with Crippen LogP contribution in [0.2, 0.25) is 0 Å². The van der Waals surface area contributed by atoms with Gasteiger partial charge < -0.3 is 18.9 Å². The van der Waals surface area contributed by atoms with Gasteiger partial charge in [0.1, 0.15) is 27.1 Å². The van der Waals surface area contributed by atoms with Crippen LogP contribution in [0.1, 0.15) is 156 Å². The van der Waals surface area contributed by atoms with Crippen LogP contribution in [0.15, 0.2) is 0 Å². The Morgan fingerprint density at radius 2 is 0.940 bits per heavy atom. The van der Waals surface area contributed by atoms with Gasteiger partial charge in [-0.05, 0) is 183 Å². The number of esters is 4. The quantitative estimate of drug-likeness (QED) is 0.206. The first kappa shape index (κ1) is 84.2. The molecule has 0 aromatic rings. The first-order valence-electron chi connectivity index (χ1n) is 39.6. The summed E-state index contributed by atoms with van der Waals surface area (Å²) in [6, 6.07) is 4.10. The highest BCUT2D eigenvalue weighted by Crippen LogP contribution is 2.70. The van der Waals surface area contributed by atoms with Gasteiger partial charge in [-0.2, -0.15) is 91.0 Å². The molecular weight excluding hydrogens is 1710 g/mol. The summed E-state index contributed by atoms with van der Waals surface area (Å²) in [5.74, 6) is -2.17. The molecule has 0 radical (unpaired) electrons. The molecular formula is C71H93F3N2O32S8. The van der Waals surface area contributed by atoms with Crippen molar-refractivity contribution in [2.45, 2.75) is 252 Å². The molecule has 0 aromatic heterocycles. The number of hydrogen-bond acceptors (Lipinski definition) is 34. The lowest BCUT2D eigenvalue weighted by atomic mass is 9.80. The van der Waals surface area contributed by atoms with Crippen molar-refractivity contribution in [1.82, 2.24) is 0 Å². The Kier molecular flexibility index (Phi) is 19.9. The van der Waals surface area contributed by atoms with Crippen molar-refractivity contribution in [2.75, 3.05) is 27.4 Å². The van der Waals surface area contributed by atoms with Crippen molar-refractivity contribution in [3.63, 3.8) is 0 Å². The van der Waals surface area contributed by atoms with E-state index in [0.717, 1.165) is 77.0 Å². The molecule has 24 rings (SSSR count). The lowest BCUT2D eigenvalue weighted by Crippen LogP contribution is -2.47. The van der Waals surface area contributed by atoms with E-state index in [4.69, 9.17) is 53.5 Å². The van der Waals surface area contributed by atoms with Crippen molar-refractivity contribution in [2.24, 2.45) is 117 Å². The van der Waals surface area contributed by atoms with Gasteiger partial charge >= 0.3 is 30.1 Å². The molecule has 16 saturated carbocycles. The summed E-state index contributed by atoms with van der Waals surface area (Å²) in [6.45, 7) is 6.76. The first-order valence-corrected chi connectivity index (χ1v) is 51.2. The maximum Gasteiger partial charge on any atom is 0.393 e. The highest BCUT2D eigenvalue weighted by molar-refractivity contribution is 7.90. The van der Waals surface area contributed by atoms with Gasteiger partial charge in [0, 0.05) is 60.7 Å². The number of nitrogens with zero attached hydrogens (tertiary/aromatic N) is 2. The van der Waals surface area contributed by atoms with Crippen LogP contribution in [0.5, 0.6) is 0 Å². The molecule has 0 spiro atoms. The van der Waals surface area contributed by atoms with E-state index in [1.54, 1.807) is 0 Å². The van der Waals surface area contributed by atoms with Gasteiger partial charge in [-0.25, -0.2) is 0 Å². The van der Waals surface area contributed by atoms with Crippen molar-refractivity contribution >= 4 is 105 Å². The van der Waals surface area contributed by atoms with Crippen LogP contribution in [0.3, 0.4) is 0 Å². The minimum Gasteiger partial charge on any atom is -0.469 e. The number of methoxy groups -OCH3 is 2. The van der Waals surface area contributed by atoms with Crippen LogP contribution < -0.4 is 0 Å². The van der Waals surface area contributed by atoms with Crippen molar-refractivity contribution < 1.29 is 152 Å². The molecule has 0 aromatic carbocycles. The fourth-order valence-electron chi connectivity index (χ4n) is 27.5. The Bertz CT molecular complexity index is 5210. The number of hydrogen-bond donors (Lipinski definition) is 0. The normalized spacial score (nSPS) is 51.7. The zero-order valence-corrected chi connectivity index (χ0v) is 70.3. The second-order valence-electron chi connectivity index (χ2n) is 37.4. The number of alkyl halides is 3. The van der Waals surface area contributed by atoms with E-state index in [9.17, 15) is 99.7 Å². The monoisotopic (exact) mass is 1800 g/mol. The molecule has 8 saturated heterocycles. The number of carbonyl (C=O) groups excluding carboxylic acids is 4. The van der Waals surface area contributed by atoms with E-state index in [2.05, 4.69) is 22.5 Å². The van der Waals surface area contributed by atoms with Crippen LogP contribution in [-0.4, -0.2) is 214 Å². The number of ether oxygens (including phenoxy) is 4. The van der Waals surface area contributed by atoms with Crippen LogP contribution in [0.4, 0.5) is 13.2 Å². The topological polar surface area (TPSA) is 500 Å². The molecule has 0 amide bonds. The summed E-state index contributed by atoms with van der Waals surface area (Å²) >= 11 is 0. The second-order valence-corrected chi connectivity index (χ2v) is 51.8. The molecule has 0 N–H and O–H groups in total. The highest BCUT2D eigenvalue weighted by atomic mass is 32.3. The third-order valence-electron chi connectivity index (χ3n) is 31.8. The second kappa shape index (κ2) is 27.5. The molecule has 8 aliphatic heterocycles. The molecule has 24 aliphatic rings. The average molecular weight is 1800 g/mol. The Morgan fingerprint density at radius 3 is 1.47 bits per heavy atom. The zero-order valence-electron chi connectivity index (χ0n) is 63.8. The van der Waals surface area contributed by atoms with Crippen LogP contribution in [0, 0.1) is 140 Å². The van der Waals surface area contributed by atoms with Crippen molar-refractivity contribution in [3.05, 3.63) is 0 Å². The predicted molar refractivity (Wildman–Crippen MR) is 383 cm³/mol. The molecule has 648 valence electrons. The van der Waals surface area contributed by atoms with E-state index < -0.39 is 182 Å². The van der Waals surface area contributed by atoms with Gasteiger partial charge in [-0.3, -0.25) is 52.6 Å². The fourth-order valence-corrected chi connectivity index (χ4v) is 43.9. The molecule has 16 aliphatic carbocycles. The molecule has 116 heavy (non-hydrogen) atoms. The van der Waals surface area contributed by atoms with Gasteiger partial charge in [-0.1, -0.05) is 6.92 Å².